The molecule has 0 atom stereocenters. The van der Waals surface area contributed by atoms with Gasteiger partial charge >= 0.3 is 24.7 Å². The summed E-state index contributed by atoms with van der Waals surface area (Å²) in [6.45, 7) is 2.78. The lowest BCUT2D eigenvalue weighted by Crippen LogP contribution is -2.10. The minimum absolute atomic E-state index is 0. The molecule has 6 aromatic heterocycles. The number of pyridine rings is 4. The predicted molar refractivity (Wildman–Crippen MR) is 224 cm³/mol. The molecule has 0 aliphatic rings. The van der Waals surface area contributed by atoms with E-state index in [1.807, 2.05) is 0 Å². The molecule has 0 fully saturated rings. The molecule has 6 rings (SSSR count). The molecule has 6 aromatic rings. The molecule has 4 N–H and O–H groups in total. The lowest BCUT2D eigenvalue weighted by molar-refractivity contribution is -0.139. The maximum atomic E-state index is 12.8. The number of aliphatic hydroxyl groups is 1. The normalized spacial score (nSPS) is 11.1. The van der Waals surface area contributed by atoms with Crippen LogP contribution in [0.15, 0.2) is 101 Å². The molecule has 0 saturated carbocycles. The Hall–Kier alpha value is -5.51. The number of nitrogens with zero attached hydrogens (tertiary/aromatic N) is 5. The largest absolute Gasteiger partial charge is 0.417 e. The first-order valence-electron chi connectivity index (χ1n) is 17.4. The Morgan fingerprint density at radius 3 is 1.45 bits per heavy atom. The second-order valence-corrected chi connectivity index (χ2v) is 14.1. The van der Waals surface area contributed by atoms with Crippen LogP contribution in [0, 0.1) is 18.6 Å². The Labute approximate surface area is 388 Å². The van der Waals surface area contributed by atoms with Gasteiger partial charge in [-0.25, -0.2) is 4.98 Å². The maximum absolute atomic E-state index is 12.8. The molecule has 0 saturated heterocycles. The molecule has 0 amide bonds. The first-order valence-corrected chi connectivity index (χ1v) is 19.9. The Kier molecular flexibility index (Phi) is 23.6. The van der Waals surface area contributed by atoms with E-state index in [0.29, 0.717) is 10.5 Å². The highest BCUT2D eigenvalue weighted by atomic mass is 79.9. The first-order chi connectivity index (χ1) is 30.2. The van der Waals surface area contributed by atoms with E-state index in [1.165, 1.54) is 24.5 Å². The van der Waals surface area contributed by atoms with Gasteiger partial charge in [0.25, 0.3) is 11.1 Å². The summed E-state index contributed by atoms with van der Waals surface area (Å²) >= 11 is 8.66. The summed E-state index contributed by atoms with van der Waals surface area (Å²) < 4.78 is 148. The molecule has 0 radical (unpaired) electrons. The van der Waals surface area contributed by atoms with E-state index in [4.69, 9.17) is 5.11 Å². The van der Waals surface area contributed by atoms with Crippen molar-refractivity contribution in [2.45, 2.75) is 61.4 Å². The zero-order valence-electron chi connectivity index (χ0n) is 33.3. The Balaban J connectivity index is 0.000000423. The predicted octanol–water partition coefficient (Wildman–Crippen LogP) is 10.4. The highest BCUT2D eigenvalue weighted by molar-refractivity contribution is 9.08. The van der Waals surface area contributed by atoms with Crippen molar-refractivity contribution in [3.63, 3.8) is 0 Å². The molecule has 28 heteroatoms. The fourth-order valence-electron chi connectivity index (χ4n) is 4.57. The number of aryl methyl sites for hydroxylation is 2. The standard InChI is InChI=1S/C12H10F3N3OS.C7H5BrF3N.C7H6F3NO.C7H4F3NO.C5H6N2OS.ClH/c1-7-4-10(19)18-11(17-7)20-6-8-5-16-3-2-9(8)12(13,14)15;8-3-5-4-12-2-1-6(5)7(9,10)11;2*8-7(9,10)6-1-2-11-3-5(6)4-12;1-3-2-4(8)7-5(9)6-3;/h2-5H,6H2,1H3,(H,17,18,19);1-2,4H,3H2;1-3,12H,4H2;1-4H;2H,1H3,(H2,6,7,8,9);1H. The van der Waals surface area contributed by atoms with Gasteiger partial charge in [0.15, 0.2) is 16.2 Å². The fraction of sp³-hybridized carbons (Fsp3) is 0.237. The number of H-pyrrole nitrogens is 3. The van der Waals surface area contributed by atoms with E-state index < -0.39 is 59.1 Å². The van der Waals surface area contributed by atoms with Gasteiger partial charge in [0.1, 0.15) is 0 Å². The van der Waals surface area contributed by atoms with Gasteiger partial charge in [-0.05, 0) is 61.5 Å². The summed E-state index contributed by atoms with van der Waals surface area (Å²) in [7, 11) is 0. The van der Waals surface area contributed by atoms with E-state index in [1.54, 1.807) is 13.8 Å². The van der Waals surface area contributed by atoms with Crippen molar-refractivity contribution < 1.29 is 62.6 Å². The van der Waals surface area contributed by atoms with E-state index >= 15 is 0 Å². The van der Waals surface area contributed by atoms with E-state index in [9.17, 15) is 67.1 Å². The summed E-state index contributed by atoms with van der Waals surface area (Å²) in [4.78, 5) is 57.8. The average Bonchev–Trinajstić information content (AvgIpc) is 3.22. The topological polar surface area (TPSA) is 183 Å². The minimum Gasteiger partial charge on any atom is -0.392 e. The van der Waals surface area contributed by atoms with Crippen molar-refractivity contribution >= 4 is 58.6 Å². The summed E-state index contributed by atoms with van der Waals surface area (Å²) in [6.07, 6.45) is -8.94. The zero-order valence-corrected chi connectivity index (χ0v) is 37.4. The number of hydrogen-bond donors (Lipinski definition) is 4. The molecular weight excluding hydrogens is 1040 g/mol. The number of alkyl halides is 13. The molecule has 0 aliphatic heterocycles. The number of nitrogens with one attached hydrogen (secondary N) is 3. The lowest BCUT2D eigenvalue weighted by atomic mass is 10.1. The second kappa shape index (κ2) is 26.6. The molecule has 66 heavy (non-hydrogen) atoms. The molecule has 12 nitrogen and oxygen atoms in total. The van der Waals surface area contributed by atoms with Crippen LogP contribution in [0.4, 0.5) is 52.7 Å². The zero-order chi connectivity index (χ0) is 49.2. The third kappa shape index (κ3) is 20.3. The third-order valence-corrected chi connectivity index (χ3v) is 9.06. The number of rotatable bonds is 6. The fourth-order valence-corrected chi connectivity index (χ4v) is 6.19. The van der Waals surface area contributed by atoms with E-state index in [0.717, 1.165) is 78.9 Å². The van der Waals surface area contributed by atoms with Crippen LogP contribution in [0.25, 0.3) is 0 Å². The van der Waals surface area contributed by atoms with Crippen molar-refractivity contribution in [3.05, 3.63) is 167 Å². The Morgan fingerprint density at radius 1 is 0.652 bits per heavy atom. The van der Waals surface area contributed by atoms with Gasteiger partial charge < -0.3 is 15.1 Å². The van der Waals surface area contributed by atoms with Crippen LogP contribution in [0.3, 0.4) is 0 Å². The molecule has 0 aliphatic carbocycles. The summed E-state index contributed by atoms with van der Waals surface area (Å²) in [6, 6.07) is 6.28. The SMILES string of the molecule is Cc1cc(=O)[nH]c(=S)[nH]1.Cc1cc(=O)[nH]c(SCc2cnccc2C(F)(F)F)n1.Cl.FC(F)(F)c1ccncc1CBr.O=Cc1cnccc1C(F)(F)F.OCc1cnccc1C(F)(F)F. The van der Waals surface area contributed by atoms with Crippen LogP contribution in [-0.4, -0.2) is 51.3 Å². The molecule has 0 spiro atoms. The highest BCUT2D eigenvalue weighted by Gasteiger charge is 2.35. The molecule has 0 unspecified atom stereocenters. The lowest BCUT2D eigenvalue weighted by Gasteiger charge is -2.11. The van der Waals surface area contributed by atoms with Gasteiger partial charge in [0.2, 0.25) is 0 Å². The van der Waals surface area contributed by atoms with Crippen LogP contribution in [-0.2, 0) is 42.4 Å². The van der Waals surface area contributed by atoms with Crippen LogP contribution >= 0.6 is 52.3 Å². The van der Waals surface area contributed by atoms with Gasteiger partial charge in [0.05, 0.1) is 28.9 Å². The van der Waals surface area contributed by atoms with Gasteiger partial charge in [-0.2, -0.15) is 52.7 Å². The highest BCUT2D eigenvalue weighted by Crippen LogP contribution is 2.35. The molecule has 358 valence electrons. The van der Waals surface area contributed by atoms with Crippen molar-refractivity contribution in [1.82, 2.24) is 39.9 Å². The number of halogens is 14. The van der Waals surface area contributed by atoms with Crippen LogP contribution in [0.5, 0.6) is 0 Å². The van der Waals surface area contributed by atoms with Crippen molar-refractivity contribution in [2.75, 3.05) is 0 Å². The van der Waals surface area contributed by atoms with Crippen molar-refractivity contribution in [1.29, 1.82) is 0 Å². The number of aldehydes is 1. The molecule has 0 aromatic carbocycles. The maximum Gasteiger partial charge on any atom is 0.417 e. The smallest absolute Gasteiger partial charge is 0.392 e. The van der Waals surface area contributed by atoms with Crippen LogP contribution in [0.2, 0.25) is 0 Å². The summed E-state index contributed by atoms with van der Waals surface area (Å²) in [5.74, 6) is 0.0229. The first kappa shape index (κ1) is 58.5. The summed E-state index contributed by atoms with van der Waals surface area (Å²) in [5, 5.41) is 8.99. The van der Waals surface area contributed by atoms with E-state index in [2.05, 4.69) is 68.0 Å². The Bertz CT molecular complexity index is 2560. The van der Waals surface area contributed by atoms with Crippen molar-refractivity contribution in [2.24, 2.45) is 0 Å². The van der Waals surface area contributed by atoms with Gasteiger partial charge in [-0.15, -0.1) is 12.4 Å². The van der Waals surface area contributed by atoms with Gasteiger partial charge in [0, 0.05) is 95.3 Å². The third-order valence-electron chi connectivity index (χ3n) is 7.33. The van der Waals surface area contributed by atoms with Crippen LogP contribution < -0.4 is 11.1 Å². The number of thioether (sulfide) groups is 1. The van der Waals surface area contributed by atoms with Crippen LogP contribution in [0.1, 0.15) is 60.7 Å². The molecule has 6 heterocycles. The monoisotopic (exact) mass is 1070 g/mol. The number of carbonyl (C=O) groups is 1. The number of aliphatic hydroxyl groups excluding tert-OH is 1. The average molecular weight is 1070 g/mol. The number of carbonyl (C=O) groups excluding carboxylic acids is 1. The van der Waals surface area contributed by atoms with Gasteiger partial charge in [-0.1, -0.05) is 27.7 Å². The quantitative estimate of drug-likeness (QED) is 0.0311. The number of aromatic nitrogens is 8. The minimum atomic E-state index is -4.49. The number of hydrogen-bond acceptors (Lipinski definition) is 11. The molecular formula is C38H32BrClF12N8O4S2. The number of aromatic amines is 3. The van der Waals surface area contributed by atoms with Crippen molar-refractivity contribution in [3.8, 4) is 0 Å². The molecule has 0 bridgehead atoms. The second-order valence-electron chi connectivity index (χ2n) is 12.2. The summed E-state index contributed by atoms with van der Waals surface area (Å²) in [5.41, 5.74) is -2.77. The van der Waals surface area contributed by atoms with Gasteiger partial charge in [-0.3, -0.25) is 39.3 Å². The Morgan fingerprint density at radius 2 is 1.08 bits per heavy atom. The van der Waals surface area contributed by atoms with E-state index in [-0.39, 0.29) is 62.7 Å².